The Labute approximate surface area is 167 Å². The van der Waals surface area contributed by atoms with E-state index in [0.29, 0.717) is 17.1 Å². The minimum absolute atomic E-state index is 0.0521. The van der Waals surface area contributed by atoms with Crippen LogP contribution in [0.1, 0.15) is 10.4 Å². The van der Waals surface area contributed by atoms with Gasteiger partial charge in [0.05, 0.1) is 35.7 Å². The molecule has 1 amide bonds. The van der Waals surface area contributed by atoms with E-state index in [0.717, 1.165) is 18.2 Å². The minimum Gasteiger partial charge on any atom is -0.493 e. The first-order valence-electron chi connectivity index (χ1n) is 8.13. The van der Waals surface area contributed by atoms with Crippen LogP contribution in [-0.4, -0.2) is 40.2 Å². The van der Waals surface area contributed by atoms with Crippen LogP contribution in [0.25, 0.3) is 11.5 Å². The molecule has 154 valence electrons. The van der Waals surface area contributed by atoms with Crippen molar-refractivity contribution in [3.05, 3.63) is 62.2 Å². The molecular weight excluding hydrogens is 402 g/mol. The van der Waals surface area contributed by atoms with Crippen molar-refractivity contribution in [1.82, 2.24) is 10.2 Å². The number of rotatable bonds is 7. The molecule has 1 N–H and O–H groups in total. The van der Waals surface area contributed by atoms with Gasteiger partial charge < -0.3 is 13.9 Å². The predicted molar refractivity (Wildman–Crippen MR) is 101 cm³/mol. The Morgan fingerprint density at radius 3 is 2.17 bits per heavy atom. The zero-order valence-electron chi connectivity index (χ0n) is 15.5. The third-order valence-corrected chi connectivity index (χ3v) is 3.86. The van der Waals surface area contributed by atoms with E-state index in [1.165, 1.54) is 14.2 Å². The molecule has 0 aliphatic rings. The van der Waals surface area contributed by atoms with Crippen LogP contribution in [0.2, 0.25) is 0 Å². The minimum atomic E-state index is -0.899. The van der Waals surface area contributed by atoms with E-state index in [2.05, 4.69) is 15.5 Å². The Hall–Kier alpha value is -4.55. The summed E-state index contributed by atoms with van der Waals surface area (Å²) >= 11 is 0. The van der Waals surface area contributed by atoms with Crippen LogP contribution in [0, 0.1) is 20.2 Å². The van der Waals surface area contributed by atoms with Crippen molar-refractivity contribution in [3.63, 3.8) is 0 Å². The van der Waals surface area contributed by atoms with Gasteiger partial charge in [-0.05, 0) is 18.2 Å². The lowest BCUT2D eigenvalue weighted by Crippen LogP contribution is -2.13. The van der Waals surface area contributed by atoms with Gasteiger partial charge in [0.1, 0.15) is 0 Å². The molecule has 0 atom stereocenters. The standard InChI is InChI=1S/C17H13N5O8/c1-28-13-4-3-9(7-14(13)29-2)16-19-20-17(30-16)18-15(23)10-5-11(21(24)25)8-12(6-10)22(26)27/h3-8H,1-2H3,(H,18,20,23). The topological polar surface area (TPSA) is 173 Å². The molecule has 30 heavy (non-hydrogen) atoms. The molecule has 3 aromatic rings. The number of nitrogens with zero attached hydrogens (tertiary/aromatic N) is 4. The highest BCUT2D eigenvalue weighted by atomic mass is 16.6. The lowest BCUT2D eigenvalue weighted by molar-refractivity contribution is -0.394. The number of nitro benzene ring substituents is 2. The van der Waals surface area contributed by atoms with Crippen LogP contribution in [0.4, 0.5) is 17.4 Å². The van der Waals surface area contributed by atoms with Gasteiger partial charge in [-0.15, -0.1) is 5.10 Å². The number of amides is 1. The zero-order valence-corrected chi connectivity index (χ0v) is 15.5. The first-order valence-corrected chi connectivity index (χ1v) is 8.13. The van der Waals surface area contributed by atoms with Crippen LogP contribution in [0.3, 0.4) is 0 Å². The molecular formula is C17H13N5O8. The number of aromatic nitrogens is 2. The van der Waals surface area contributed by atoms with Crippen molar-refractivity contribution in [2.75, 3.05) is 19.5 Å². The van der Waals surface area contributed by atoms with E-state index in [9.17, 15) is 25.0 Å². The number of hydrogen-bond acceptors (Lipinski definition) is 10. The summed E-state index contributed by atoms with van der Waals surface area (Å²) in [7, 11) is 2.94. The largest absolute Gasteiger partial charge is 0.493 e. The molecule has 3 rings (SSSR count). The Bertz CT molecular complexity index is 1110. The first-order chi connectivity index (χ1) is 14.3. The number of carbonyl (C=O) groups is 1. The maximum absolute atomic E-state index is 12.4. The fourth-order valence-corrected chi connectivity index (χ4v) is 2.47. The van der Waals surface area contributed by atoms with Gasteiger partial charge in [-0.3, -0.25) is 30.3 Å². The lowest BCUT2D eigenvalue weighted by Gasteiger charge is -2.07. The number of benzene rings is 2. The number of carbonyl (C=O) groups excluding carboxylic acids is 1. The summed E-state index contributed by atoms with van der Waals surface area (Å²) in [4.78, 5) is 32.6. The van der Waals surface area contributed by atoms with Crippen LogP contribution >= 0.6 is 0 Å². The van der Waals surface area contributed by atoms with Gasteiger partial charge in [0.2, 0.25) is 5.89 Å². The van der Waals surface area contributed by atoms with Gasteiger partial charge in [-0.2, -0.15) is 0 Å². The van der Waals surface area contributed by atoms with E-state index in [-0.39, 0.29) is 17.5 Å². The average Bonchev–Trinajstić information content (AvgIpc) is 3.21. The van der Waals surface area contributed by atoms with Crippen LogP contribution in [0.5, 0.6) is 11.5 Å². The molecule has 0 saturated carbocycles. The highest BCUT2D eigenvalue weighted by Crippen LogP contribution is 2.32. The van der Waals surface area contributed by atoms with Gasteiger partial charge in [0.15, 0.2) is 11.5 Å². The number of non-ortho nitro benzene ring substituents is 2. The maximum Gasteiger partial charge on any atom is 0.322 e. The van der Waals surface area contributed by atoms with E-state index in [4.69, 9.17) is 13.9 Å². The Balaban J connectivity index is 1.85. The Morgan fingerprint density at radius 1 is 0.967 bits per heavy atom. The Kier molecular flexibility index (Phi) is 5.53. The Morgan fingerprint density at radius 2 is 1.60 bits per heavy atom. The maximum atomic E-state index is 12.4. The molecule has 0 aliphatic heterocycles. The van der Waals surface area contributed by atoms with E-state index in [1.807, 2.05) is 0 Å². The number of anilines is 1. The first kappa shape index (κ1) is 20.2. The molecule has 1 heterocycles. The van der Waals surface area contributed by atoms with Crippen molar-refractivity contribution < 1.29 is 28.5 Å². The third-order valence-electron chi connectivity index (χ3n) is 3.86. The summed E-state index contributed by atoms with van der Waals surface area (Å²) in [5.41, 5.74) is -1.05. The molecule has 1 aromatic heterocycles. The molecule has 0 unspecified atom stereocenters. The van der Waals surface area contributed by atoms with Crippen molar-refractivity contribution >= 4 is 23.3 Å². The smallest absolute Gasteiger partial charge is 0.322 e. The summed E-state index contributed by atoms with van der Waals surface area (Å²) in [5, 5.41) is 31.7. The van der Waals surface area contributed by atoms with Gasteiger partial charge in [-0.1, -0.05) is 5.10 Å². The van der Waals surface area contributed by atoms with E-state index >= 15 is 0 Å². The van der Waals surface area contributed by atoms with Crippen molar-refractivity contribution in [2.45, 2.75) is 0 Å². The number of nitrogens with one attached hydrogen (secondary N) is 1. The van der Waals surface area contributed by atoms with Gasteiger partial charge in [0, 0.05) is 17.7 Å². The second-order valence-corrected chi connectivity index (χ2v) is 5.69. The molecule has 0 bridgehead atoms. The second kappa shape index (κ2) is 8.22. The van der Waals surface area contributed by atoms with Gasteiger partial charge >= 0.3 is 6.01 Å². The average molecular weight is 415 g/mol. The van der Waals surface area contributed by atoms with Crippen LogP contribution < -0.4 is 14.8 Å². The summed E-state index contributed by atoms with van der Waals surface area (Å²) in [6.45, 7) is 0. The zero-order chi connectivity index (χ0) is 21.8. The van der Waals surface area contributed by atoms with Gasteiger partial charge in [0.25, 0.3) is 17.3 Å². The lowest BCUT2D eigenvalue weighted by atomic mass is 10.1. The molecule has 13 heteroatoms. The quantitative estimate of drug-likeness (QED) is 0.446. The summed E-state index contributed by atoms with van der Waals surface area (Å²) in [5.74, 6) is 0.0600. The number of nitro groups is 2. The molecule has 0 aliphatic carbocycles. The van der Waals surface area contributed by atoms with E-state index < -0.39 is 27.1 Å². The van der Waals surface area contributed by atoms with Crippen molar-refractivity contribution in [3.8, 4) is 23.0 Å². The molecule has 0 radical (unpaired) electrons. The SMILES string of the molecule is COc1ccc(-c2nnc(NC(=O)c3cc([N+](=O)[O-])cc([N+](=O)[O-])c3)o2)cc1OC. The number of ether oxygens (including phenoxy) is 2. The summed E-state index contributed by atoms with van der Waals surface area (Å²) in [6.07, 6.45) is 0. The fraction of sp³-hybridized carbons (Fsp3) is 0.118. The third kappa shape index (κ3) is 4.14. The fourth-order valence-electron chi connectivity index (χ4n) is 2.47. The molecule has 0 spiro atoms. The number of methoxy groups -OCH3 is 2. The summed E-state index contributed by atoms with van der Waals surface area (Å²) < 4.78 is 15.7. The highest BCUT2D eigenvalue weighted by Gasteiger charge is 2.21. The van der Waals surface area contributed by atoms with Gasteiger partial charge in [-0.25, -0.2) is 0 Å². The van der Waals surface area contributed by atoms with E-state index in [1.54, 1.807) is 18.2 Å². The highest BCUT2D eigenvalue weighted by molar-refractivity contribution is 6.04. The summed E-state index contributed by atoms with van der Waals surface area (Å²) in [6, 6.07) is 7.07. The van der Waals surface area contributed by atoms with Crippen molar-refractivity contribution in [2.24, 2.45) is 0 Å². The molecule has 0 fully saturated rings. The van der Waals surface area contributed by atoms with Crippen LogP contribution in [0.15, 0.2) is 40.8 Å². The van der Waals surface area contributed by atoms with Crippen LogP contribution in [-0.2, 0) is 0 Å². The molecule has 2 aromatic carbocycles. The van der Waals surface area contributed by atoms with Crippen molar-refractivity contribution in [1.29, 1.82) is 0 Å². The second-order valence-electron chi connectivity index (χ2n) is 5.69. The molecule has 13 nitrogen and oxygen atoms in total. The molecule has 0 saturated heterocycles. The predicted octanol–water partition coefficient (Wildman–Crippen LogP) is 2.82. The number of hydrogen-bond donors (Lipinski definition) is 1. The monoisotopic (exact) mass is 415 g/mol. The normalized spacial score (nSPS) is 10.3.